The number of rotatable bonds is 4. The van der Waals surface area contributed by atoms with Gasteiger partial charge < -0.3 is 15.0 Å². The molecule has 3 aromatic rings. The Morgan fingerprint density at radius 3 is 3.04 bits per heavy atom. The van der Waals surface area contributed by atoms with E-state index in [1.807, 2.05) is 28.8 Å². The Kier molecular flexibility index (Phi) is 4.85. The number of benzene rings is 1. The van der Waals surface area contributed by atoms with E-state index in [0.29, 0.717) is 23.0 Å². The minimum atomic E-state index is -0.154. The second-order valence-corrected chi connectivity index (χ2v) is 6.98. The van der Waals surface area contributed by atoms with Gasteiger partial charge in [-0.15, -0.1) is 10.2 Å². The fraction of sp³-hybridized carbons (Fsp3) is 0.316. The van der Waals surface area contributed by atoms with Gasteiger partial charge in [0, 0.05) is 24.3 Å². The molecule has 2 aromatic heterocycles. The molecule has 0 spiro atoms. The number of methoxy groups -OCH3 is 1. The monoisotopic (exact) mass is 385 g/mol. The van der Waals surface area contributed by atoms with Crippen molar-refractivity contribution in [3.05, 3.63) is 47.6 Å². The third-order valence-electron chi connectivity index (χ3n) is 4.79. The summed E-state index contributed by atoms with van der Waals surface area (Å²) in [5.41, 5.74) is 1.38. The van der Waals surface area contributed by atoms with Crippen LogP contribution in [0.4, 0.5) is 11.6 Å². The molecule has 1 N–H and O–H groups in total. The van der Waals surface area contributed by atoms with Crippen LogP contribution in [0.15, 0.2) is 42.6 Å². The number of carbonyl (C=O) groups is 1. The summed E-state index contributed by atoms with van der Waals surface area (Å²) < 4.78 is 7.26. The Hall–Kier alpha value is -2.80. The highest BCUT2D eigenvalue weighted by Crippen LogP contribution is 2.29. The zero-order valence-corrected chi connectivity index (χ0v) is 15.7. The van der Waals surface area contributed by atoms with Crippen LogP contribution in [0.5, 0.6) is 5.75 Å². The van der Waals surface area contributed by atoms with E-state index in [0.717, 1.165) is 31.0 Å². The third kappa shape index (κ3) is 3.55. The number of anilines is 2. The molecule has 140 valence electrons. The van der Waals surface area contributed by atoms with Crippen LogP contribution < -0.4 is 15.0 Å². The van der Waals surface area contributed by atoms with Gasteiger partial charge in [-0.1, -0.05) is 17.7 Å². The number of nitrogens with one attached hydrogen (secondary N) is 1. The molecule has 27 heavy (non-hydrogen) atoms. The normalized spacial score (nSPS) is 17.1. The molecule has 1 aliphatic heterocycles. The van der Waals surface area contributed by atoms with E-state index >= 15 is 0 Å². The van der Waals surface area contributed by atoms with Gasteiger partial charge in [-0.05, 0) is 43.2 Å². The lowest BCUT2D eigenvalue weighted by molar-refractivity contribution is -0.120. The lowest BCUT2D eigenvalue weighted by Gasteiger charge is -2.32. The Labute approximate surface area is 161 Å². The van der Waals surface area contributed by atoms with Crippen molar-refractivity contribution in [1.82, 2.24) is 14.6 Å². The van der Waals surface area contributed by atoms with E-state index in [2.05, 4.69) is 20.4 Å². The predicted octanol–water partition coefficient (Wildman–Crippen LogP) is 3.25. The zero-order valence-electron chi connectivity index (χ0n) is 14.9. The number of piperidine rings is 1. The molecule has 0 aliphatic carbocycles. The van der Waals surface area contributed by atoms with Crippen LogP contribution in [0.1, 0.15) is 12.8 Å². The number of ether oxygens (including phenoxy) is 1. The number of fused-ring (bicyclic) bond motifs is 1. The molecule has 1 atom stereocenters. The molecule has 1 saturated heterocycles. The Morgan fingerprint density at radius 1 is 1.30 bits per heavy atom. The van der Waals surface area contributed by atoms with Crippen LogP contribution in [0.3, 0.4) is 0 Å². The Bertz CT molecular complexity index is 974. The molecule has 3 heterocycles. The second kappa shape index (κ2) is 7.44. The van der Waals surface area contributed by atoms with Crippen LogP contribution in [0, 0.1) is 5.92 Å². The molecule has 0 saturated carbocycles. The molecule has 7 nitrogen and oxygen atoms in total. The fourth-order valence-corrected chi connectivity index (χ4v) is 3.60. The van der Waals surface area contributed by atoms with Gasteiger partial charge in [-0.25, -0.2) is 0 Å². The number of halogens is 1. The molecule has 8 heteroatoms. The maximum absolute atomic E-state index is 12.8. The third-order valence-corrected chi connectivity index (χ3v) is 5.03. The highest BCUT2D eigenvalue weighted by Gasteiger charge is 2.28. The molecule has 1 fully saturated rings. The zero-order chi connectivity index (χ0) is 18.8. The van der Waals surface area contributed by atoms with Gasteiger partial charge in [0.25, 0.3) is 0 Å². The van der Waals surface area contributed by atoms with Gasteiger partial charge in [-0.2, -0.15) is 0 Å². The molecular formula is C19H20ClN5O2. The standard InChI is InChI=1S/C19H20ClN5O2/c1-27-16-8-7-14(20)11-15(16)21-18(26)13-5-4-9-24(12-13)19-23-22-17-6-2-3-10-25(17)19/h2-3,6-8,10-11,13H,4-5,9,12H2,1H3,(H,21,26). The summed E-state index contributed by atoms with van der Waals surface area (Å²) in [4.78, 5) is 15.0. The molecular weight excluding hydrogens is 366 g/mol. The highest BCUT2D eigenvalue weighted by molar-refractivity contribution is 6.31. The number of hydrogen-bond donors (Lipinski definition) is 1. The van der Waals surface area contributed by atoms with Crippen molar-refractivity contribution >= 4 is 34.8 Å². The maximum Gasteiger partial charge on any atom is 0.231 e. The van der Waals surface area contributed by atoms with Crippen molar-refractivity contribution < 1.29 is 9.53 Å². The highest BCUT2D eigenvalue weighted by atomic mass is 35.5. The predicted molar refractivity (Wildman–Crippen MR) is 105 cm³/mol. The lowest BCUT2D eigenvalue weighted by Crippen LogP contribution is -2.41. The molecule has 1 aliphatic rings. The fourth-order valence-electron chi connectivity index (χ4n) is 3.43. The number of nitrogens with zero attached hydrogens (tertiary/aromatic N) is 4. The molecule has 4 rings (SSSR count). The van der Waals surface area contributed by atoms with E-state index in [4.69, 9.17) is 16.3 Å². The summed E-state index contributed by atoms with van der Waals surface area (Å²) in [7, 11) is 1.57. The summed E-state index contributed by atoms with van der Waals surface area (Å²) in [6, 6.07) is 11.0. The van der Waals surface area contributed by atoms with E-state index in [1.165, 1.54) is 0 Å². The lowest BCUT2D eigenvalue weighted by atomic mass is 9.97. The summed E-state index contributed by atoms with van der Waals surface area (Å²) >= 11 is 6.06. The van der Waals surface area contributed by atoms with Crippen molar-refractivity contribution in [3.63, 3.8) is 0 Å². The molecule has 1 aromatic carbocycles. The average molecular weight is 386 g/mol. The SMILES string of the molecule is COc1ccc(Cl)cc1NC(=O)C1CCCN(c2nnc3ccccn23)C1. The van der Waals surface area contributed by atoms with Crippen LogP contribution in [-0.2, 0) is 4.79 Å². The van der Waals surface area contributed by atoms with Gasteiger partial charge in [0.1, 0.15) is 5.75 Å². The molecule has 0 radical (unpaired) electrons. The first-order chi connectivity index (χ1) is 13.2. The Morgan fingerprint density at radius 2 is 2.19 bits per heavy atom. The minimum absolute atomic E-state index is 0.0471. The van der Waals surface area contributed by atoms with Gasteiger partial charge in [0.05, 0.1) is 18.7 Å². The van der Waals surface area contributed by atoms with Crippen molar-refractivity contribution in [2.75, 3.05) is 30.4 Å². The molecule has 1 amide bonds. The van der Waals surface area contributed by atoms with E-state index in [1.54, 1.807) is 25.3 Å². The second-order valence-electron chi connectivity index (χ2n) is 6.55. The van der Waals surface area contributed by atoms with Crippen molar-refractivity contribution in [1.29, 1.82) is 0 Å². The number of aromatic nitrogens is 3. The summed E-state index contributed by atoms with van der Waals surface area (Å²) in [5.74, 6) is 1.15. The van der Waals surface area contributed by atoms with Crippen LogP contribution in [0.2, 0.25) is 5.02 Å². The first-order valence-electron chi connectivity index (χ1n) is 8.85. The average Bonchev–Trinajstić information content (AvgIpc) is 3.12. The van der Waals surface area contributed by atoms with Gasteiger partial charge in [-0.3, -0.25) is 9.20 Å². The van der Waals surface area contributed by atoms with E-state index in [9.17, 15) is 4.79 Å². The number of carbonyl (C=O) groups excluding carboxylic acids is 1. The number of pyridine rings is 1. The number of hydrogen-bond acceptors (Lipinski definition) is 5. The van der Waals surface area contributed by atoms with Crippen molar-refractivity contribution in [2.24, 2.45) is 5.92 Å². The van der Waals surface area contributed by atoms with Crippen LogP contribution >= 0.6 is 11.6 Å². The molecule has 0 bridgehead atoms. The molecule has 1 unspecified atom stereocenters. The first-order valence-corrected chi connectivity index (χ1v) is 9.22. The van der Waals surface area contributed by atoms with E-state index in [-0.39, 0.29) is 11.8 Å². The minimum Gasteiger partial charge on any atom is -0.495 e. The van der Waals surface area contributed by atoms with Crippen molar-refractivity contribution in [3.8, 4) is 5.75 Å². The summed E-state index contributed by atoms with van der Waals surface area (Å²) in [6.45, 7) is 1.43. The topological polar surface area (TPSA) is 71.8 Å². The maximum atomic E-state index is 12.8. The van der Waals surface area contributed by atoms with Crippen molar-refractivity contribution in [2.45, 2.75) is 12.8 Å². The Balaban J connectivity index is 1.51. The summed E-state index contributed by atoms with van der Waals surface area (Å²) in [6.07, 6.45) is 3.67. The first kappa shape index (κ1) is 17.6. The quantitative estimate of drug-likeness (QED) is 0.746. The van der Waals surface area contributed by atoms with Gasteiger partial charge >= 0.3 is 0 Å². The smallest absolute Gasteiger partial charge is 0.231 e. The van der Waals surface area contributed by atoms with E-state index < -0.39 is 0 Å². The summed E-state index contributed by atoms with van der Waals surface area (Å²) in [5, 5.41) is 12.0. The van der Waals surface area contributed by atoms with Gasteiger partial charge in [0.2, 0.25) is 11.9 Å². The van der Waals surface area contributed by atoms with Gasteiger partial charge in [0.15, 0.2) is 5.65 Å². The van der Waals surface area contributed by atoms with Crippen LogP contribution in [-0.4, -0.2) is 40.7 Å². The van der Waals surface area contributed by atoms with Crippen LogP contribution in [0.25, 0.3) is 5.65 Å². The largest absolute Gasteiger partial charge is 0.495 e. The number of amides is 1.